The van der Waals surface area contributed by atoms with Gasteiger partial charge in [-0.3, -0.25) is 9.59 Å². The van der Waals surface area contributed by atoms with Crippen LogP contribution in [0.5, 0.6) is 0 Å². The Morgan fingerprint density at radius 3 is 1.29 bits per heavy atom. The van der Waals surface area contributed by atoms with Crippen molar-refractivity contribution in [3.05, 3.63) is 0 Å². The first-order valence-electron chi connectivity index (χ1n) is 5.09. The average molecular weight is 492 g/mol. The minimum Gasteiger partial charge on any atom is -0.481 e. The van der Waals surface area contributed by atoms with Gasteiger partial charge in [0.2, 0.25) is 0 Å². The van der Waals surface area contributed by atoms with E-state index in [0.717, 1.165) is 0 Å². The van der Waals surface area contributed by atoms with Gasteiger partial charge in [0, 0.05) is 12.8 Å². The molecule has 0 aliphatic heterocycles. The number of carbonyl (C=O) groups is 2. The van der Waals surface area contributed by atoms with Gasteiger partial charge in [-0.1, -0.05) is 13.8 Å². The largest absolute Gasteiger partial charge is 0.481 e. The van der Waals surface area contributed by atoms with Gasteiger partial charge in [0.05, 0.1) is 0 Å². The molecule has 0 bridgehead atoms. The van der Waals surface area contributed by atoms with Crippen molar-refractivity contribution in [1.82, 2.24) is 0 Å². The van der Waals surface area contributed by atoms with Gasteiger partial charge in [-0.15, -0.1) is 0 Å². The first kappa shape index (κ1) is 22.8. The Hall–Kier alpha value is 0.690. The molecule has 0 heterocycles. The minimum absolute atomic E-state index is 0.222. The summed E-state index contributed by atoms with van der Waals surface area (Å²) >= 11 is 7.18. The van der Waals surface area contributed by atoms with E-state index < -0.39 is 11.9 Å². The second-order valence-electron chi connectivity index (χ2n) is 2.48. The van der Waals surface area contributed by atoms with Crippen LogP contribution in [0.1, 0.15) is 26.7 Å². The maximum atomic E-state index is 9.37. The van der Waals surface area contributed by atoms with Crippen LogP contribution >= 0.6 is 31.9 Å². The number of hydrogen-bond acceptors (Lipinski definition) is 2. The Labute approximate surface area is 130 Å². The molecule has 0 atom stereocenters. The molecule has 0 saturated heterocycles. The van der Waals surface area contributed by atoms with Gasteiger partial charge in [-0.05, 0) is 0 Å². The van der Waals surface area contributed by atoms with E-state index in [9.17, 15) is 9.59 Å². The fourth-order valence-electron chi connectivity index (χ4n) is 0.211. The number of halogens is 2. The third-order valence-electron chi connectivity index (χ3n) is 1.05. The molecule has 0 aromatic heterocycles. The number of aliphatic carboxylic acids is 2. The van der Waals surface area contributed by atoms with Crippen LogP contribution in [-0.4, -0.2) is 53.7 Å². The molecule has 0 aromatic carbocycles. The smallest absolute Gasteiger partial charge is 0.303 e. The van der Waals surface area contributed by atoms with Crippen molar-refractivity contribution in [3.63, 3.8) is 0 Å². The second-order valence-corrected chi connectivity index (χ2v) is 7.57. The van der Waals surface area contributed by atoms with Crippen molar-refractivity contribution in [1.29, 1.82) is 0 Å². The topological polar surface area (TPSA) is 74.6 Å². The molecular weight excluding hydrogens is 472 g/mol. The summed E-state index contributed by atoms with van der Waals surface area (Å²) in [6.45, 7) is 3.20. The molecule has 0 aliphatic rings. The van der Waals surface area contributed by atoms with Crippen LogP contribution in [0.15, 0.2) is 0 Å². The molecule has 0 rings (SSSR count). The van der Waals surface area contributed by atoms with Crippen LogP contribution < -0.4 is 0 Å². The fourth-order valence-corrected chi connectivity index (χ4v) is 4.49. The van der Waals surface area contributed by atoms with E-state index >= 15 is 0 Å². The zero-order valence-electron chi connectivity index (χ0n) is 10.1. The Morgan fingerprint density at radius 1 is 0.941 bits per heavy atom. The zero-order chi connectivity index (χ0) is 14.1. The summed E-state index contributed by atoms with van der Waals surface area (Å²) < 4.78 is 2.88. The van der Waals surface area contributed by atoms with Gasteiger partial charge in [-0.25, -0.2) is 0 Å². The van der Waals surface area contributed by atoms with Crippen molar-refractivity contribution >= 4 is 64.7 Å². The summed E-state index contributed by atoms with van der Waals surface area (Å²) in [7, 11) is 0. The Bertz CT molecular complexity index is 162. The van der Waals surface area contributed by atoms with E-state index in [0.29, 0.717) is 20.9 Å². The van der Waals surface area contributed by atoms with E-state index in [2.05, 4.69) is 31.9 Å². The van der Waals surface area contributed by atoms with Crippen LogP contribution in [-0.2, 0) is 9.59 Å². The van der Waals surface area contributed by atoms with Crippen LogP contribution in [0.3, 0.4) is 0 Å². The van der Waals surface area contributed by atoms with Crippen molar-refractivity contribution in [3.8, 4) is 0 Å². The van der Waals surface area contributed by atoms with E-state index in [-0.39, 0.29) is 12.8 Å². The summed E-state index contributed by atoms with van der Waals surface area (Å²) in [6.07, 6.45) is 0.444. The monoisotopic (exact) mass is 492 g/mol. The molecule has 0 amide bonds. The molecule has 2 N–H and O–H groups in total. The summed E-state index contributed by atoms with van der Waals surface area (Å²) in [5.74, 6) is -1.49. The molecule has 0 radical (unpaired) electrons. The van der Waals surface area contributed by atoms with Crippen LogP contribution in [0, 0.1) is 0 Å². The number of rotatable bonds is 6. The zero-order valence-corrected chi connectivity index (χ0v) is 15.6. The molecule has 17 heavy (non-hydrogen) atoms. The molecule has 104 valence electrons. The molecule has 0 unspecified atom stereocenters. The third-order valence-corrected chi connectivity index (χ3v) is 7.92. The van der Waals surface area contributed by atoms with Gasteiger partial charge >= 0.3 is 84.3 Å². The summed E-state index contributed by atoms with van der Waals surface area (Å²) in [5, 5.41) is 17.9. The second kappa shape index (κ2) is 21.9. The maximum absolute atomic E-state index is 9.37. The van der Waals surface area contributed by atoms with Gasteiger partial charge in [-0.2, -0.15) is 0 Å². The van der Waals surface area contributed by atoms with Crippen molar-refractivity contribution < 1.29 is 19.8 Å². The van der Waals surface area contributed by atoms with E-state index in [4.69, 9.17) is 10.2 Å². The Kier molecular flexibility index (Phi) is 29.4. The molecule has 0 aromatic rings. The number of alkyl halides is 2. The predicted octanol–water partition coefficient (Wildman–Crippen LogP) is 3.28. The van der Waals surface area contributed by atoms with E-state index in [1.54, 1.807) is 13.8 Å². The summed E-state index contributed by atoms with van der Waals surface area (Å²) in [5.41, 5.74) is 0. The first-order valence-corrected chi connectivity index (χ1v) is 10.6. The van der Waals surface area contributed by atoms with Crippen molar-refractivity contribution in [2.75, 3.05) is 10.7 Å². The number of carboxylic acids is 2. The quantitative estimate of drug-likeness (QED) is 0.340. The third kappa shape index (κ3) is 47.7. The molecule has 0 aliphatic carbocycles. The van der Waals surface area contributed by atoms with Crippen LogP contribution in [0.2, 0.25) is 8.94 Å². The summed E-state index contributed by atoms with van der Waals surface area (Å²) in [6, 6.07) is 0. The molecule has 0 fully saturated rings. The van der Waals surface area contributed by atoms with Gasteiger partial charge < -0.3 is 10.2 Å². The Balaban J connectivity index is -0.000000177. The standard InChI is InChI=1S/C4H8Br2Te.2C3H6O2/c5-1-3-7-4-2-6;2*1-2-3(4)5/h1-4H2;2*2H2,1H3,(H,4,5). The average Bonchev–Trinajstić information content (AvgIpc) is 2.31. The Morgan fingerprint density at radius 2 is 1.18 bits per heavy atom. The summed E-state index contributed by atoms with van der Waals surface area (Å²) in [4.78, 5) is 18.7. The molecule has 4 nitrogen and oxygen atoms in total. The SMILES string of the molecule is BrCC[Te]CCBr.CCC(=O)O.CCC(=O)O. The van der Waals surface area contributed by atoms with E-state index in [1.807, 2.05) is 0 Å². The van der Waals surface area contributed by atoms with Gasteiger partial charge in [0.1, 0.15) is 0 Å². The maximum Gasteiger partial charge on any atom is 0.303 e. The minimum atomic E-state index is -0.745. The fraction of sp³-hybridized carbons (Fsp3) is 0.800. The molecule has 0 saturated carbocycles. The van der Waals surface area contributed by atoms with Crippen molar-refractivity contribution in [2.24, 2.45) is 0 Å². The van der Waals surface area contributed by atoms with Crippen molar-refractivity contribution in [2.45, 2.75) is 35.6 Å². The normalized spacial score (nSPS) is 8.24. The predicted molar refractivity (Wildman–Crippen MR) is 78.8 cm³/mol. The number of hydrogen-bond donors (Lipinski definition) is 2. The van der Waals surface area contributed by atoms with Gasteiger partial charge in [0.15, 0.2) is 0 Å². The van der Waals surface area contributed by atoms with Crippen LogP contribution in [0.25, 0.3) is 0 Å². The first-order chi connectivity index (χ1) is 7.95. The molecule has 7 heteroatoms. The van der Waals surface area contributed by atoms with Crippen LogP contribution in [0.4, 0.5) is 0 Å². The molecular formula is C10H20Br2O4Te. The number of carboxylic acid groups (broad SMARTS) is 2. The van der Waals surface area contributed by atoms with E-state index in [1.165, 1.54) is 19.6 Å². The molecule has 0 spiro atoms. The van der Waals surface area contributed by atoms with Gasteiger partial charge in [0.25, 0.3) is 0 Å².